The lowest BCUT2D eigenvalue weighted by atomic mass is 10.2. The number of hydrogen-bond donors (Lipinski definition) is 2. The van der Waals surface area contributed by atoms with E-state index in [9.17, 15) is 22.4 Å². The van der Waals surface area contributed by atoms with E-state index in [2.05, 4.69) is 15.8 Å². The first kappa shape index (κ1) is 29.7. The number of methoxy groups -OCH3 is 1. The van der Waals surface area contributed by atoms with Gasteiger partial charge in [-0.15, -0.1) is 0 Å². The van der Waals surface area contributed by atoms with Crippen molar-refractivity contribution in [1.29, 1.82) is 0 Å². The van der Waals surface area contributed by atoms with Crippen LogP contribution in [0, 0.1) is 5.82 Å². The molecule has 0 aliphatic rings. The number of sulfonamides is 1. The number of anilines is 2. The molecule has 216 valence electrons. The first-order chi connectivity index (χ1) is 20.3. The molecule has 10 nitrogen and oxygen atoms in total. The Morgan fingerprint density at radius 3 is 2.24 bits per heavy atom. The van der Waals surface area contributed by atoms with Crippen molar-refractivity contribution in [2.75, 3.05) is 29.9 Å². The third-order valence-corrected chi connectivity index (χ3v) is 7.56. The number of halogens is 1. The quantitative estimate of drug-likeness (QED) is 0.188. The molecule has 4 rings (SSSR count). The van der Waals surface area contributed by atoms with Gasteiger partial charge < -0.3 is 14.8 Å². The van der Waals surface area contributed by atoms with Gasteiger partial charge in [-0.1, -0.05) is 30.3 Å². The van der Waals surface area contributed by atoms with E-state index in [0.717, 1.165) is 16.4 Å². The number of nitrogens with zero attached hydrogens (tertiary/aromatic N) is 2. The normalized spacial score (nSPS) is 11.1. The molecule has 0 unspecified atom stereocenters. The van der Waals surface area contributed by atoms with Crippen LogP contribution in [0.3, 0.4) is 0 Å². The summed E-state index contributed by atoms with van der Waals surface area (Å²) in [5.74, 6) is -0.653. The van der Waals surface area contributed by atoms with E-state index in [-0.39, 0.29) is 23.1 Å². The number of hydrazone groups is 1. The lowest BCUT2D eigenvalue weighted by Crippen LogP contribution is -2.39. The lowest BCUT2D eigenvalue weighted by molar-refractivity contribution is -0.119. The zero-order valence-electron chi connectivity index (χ0n) is 22.4. The van der Waals surface area contributed by atoms with Gasteiger partial charge in [0, 0.05) is 0 Å². The summed E-state index contributed by atoms with van der Waals surface area (Å²) in [6.07, 6.45) is 1.37. The maximum atomic E-state index is 13.5. The Morgan fingerprint density at radius 2 is 1.55 bits per heavy atom. The van der Waals surface area contributed by atoms with Crippen molar-refractivity contribution in [2.45, 2.75) is 4.90 Å². The van der Waals surface area contributed by atoms with Gasteiger partial charge in [0.2, 0.25) is 0 Å². The van der Waals surface area contributed by atoms with Gasteiger partial charge in [0.15, 0.2) is 6.61 Å². The summed E-state index contributed by atoms with van der Waals surface area (Å²) in [5, 5.41) is 6.62. The second-order valence-corrected chi connectivity index (χ2v) is 10.6. The monoisotopic (exact) mass is 590 g/mol. The molecule has 0 radical (unpaired) electrons. The predicted octanol–water partition coefficient (Wildman–Crippen LogP) is 4.20. The van der Waals surface area contributed by atoms with Gasteiger partial charge in [0.1, 0.15) is 23.9 Å². The van der Waals surface area contributed by atoms with Crippen molar-refractivity contribution in [2.24, 2.45) is 5.10 Å². The number of benzene rings is 4. The van der Waals surface area contributed by atoms with E-state index in [1.807, 2.05) is 0 Å². The molecule has 4 aromatic rings. The Morgan fingerprint density at radius 1 is 0.881 bits per heavy atom. The maximum absolute atomic E-state index is 13.5. The molecule has 0 spiro atoms. The molecule has 0 saturated heterocycles. The van der Waals surface area contributed by atoms with Crippen molar-refractivity contribution in [3.8, 4) is 11.5 Å². The number of para-hydroxylation sites is 2. The fourth-order valence-corrected chi connectivity index (χ4v) is 5.16. The van der Waals surface area contributed by atoms with Gasteiger partial charge in [-0.25, -0.2) is 18.2 Å². The van der Waals surface area contributed by atoms with Crippen LogP contribution in [0.4, 0.5) is 15.8 Å². The highest BCUT2D eigenvalue weighted by molar-refractivity contribution is 7.92. The highest BCUT2D eigenvalue weighted by atomic mass is 32.2. The van der Waals surface area contributed by atoms with Gasteiger partial charge in [-0.2, -0.15) is 5.10 Å². The van der Waals surface area contributed by atoms with Crippen LogP contribution in [0.1, 0.15) is 5.56 Å². The second-order valence-electron chi connectivity index (χ2n) is 8.70. The van der Waals surface area contributed by atoms with E-state index < -0.39 is 28.3 Å². The summed E-state index contributed by atoms with van der Waals surface area (Å²) in [6.45, 7) is -0.818. The third-order valence-electron chi connectivity index (χ3n) is 5.77. The number of rotatable bonds is 12. The fraction of sp³-hybridized carbons (Fsp3) is 0.100. The zero-order chi connectivity index (χ0) is 30.0. The highest BCUT2D eigenvalue weighted by Crippen LogP contribution is 2.24. The van der Waals surface area contributed by atoms with Gasteiger partial charge in [0.25, 0.3) is 21.8 Å². The van der Waals surface area contributed by atoms with Gasteiger partial charge in [-0.05, 0) is 78.4 Å². The van der Waals surface area contributed by atoms with Crippen molar-refractivity contribution in [3.05, 3.63) is 115 Å². The molecule has 12 heteroatoms. The second kappa shape index (κ2) is 13.9. The van der Waals surface area contributed by atoms with Gasteiger partial charge in [0.05, 0.1) is 29.6 Å². The molecular formula is C30H27FN4O6S. The van der Waals surface area contributed by atoms with E-state index in [0.29, 0.717) is 22.7 Å². The molecule has 2 N–H and O–H groups in total. The lowest BCUT2D eigenvalue weighted by Gasteiger charge is -2.23. The summed E-state index contributed by atoms with van der Waals surface area (Å²) in [7, 11) is -2.62. The first-order valence-electron chi connectivity index (χ1n) is 12.6. The van der Waals surface area contributed by atoms with Gasteiger partial charge in [-0.3, -0.25) is 13.9 Å². The summed E-state index contributed by atoms with van der Waals surface area (Å²) in [5.41, 5.74) is 3.56. The van der Waals surface area contributed by atoms with Crippen LogP contribution in [0.5, 0.6) is 11.5 Å². The molecule has 2 amide bonds. The summed E-state index contributed by atoms with van der Waals surface area (Å²) in [6, 6.07) is 26.0. The van der Waals surface area contributed by atoms with E-state index in [1.165, 1.54) is 37.6 Å². The molecule has 42 heavy (non-hydrogen) atoms. The Bertz CT molecular complexity index is 1650. The number of nitrogens with one attached hydrogen (secondary N) is 2. The summed E-state index contributed by atoms with van der Waals surface area (Å²) in [4.78, 5) is 24.9. The summed E-state index contributed by atoms with van der Waals surface area (Å²) >= 11 is 0. The van der Waals surface area contributed by atoms with E-state index in [1.54, 1.807) is 66.7 Å². The fourth-order valence-electron chi connectivity index (χ4n) is 3.72. The Kier molecular flexibility index (Phi) is 9.85. The molecule has 0 aliphatic heterocycles. The smallest absolute Gasteiger partial charge is 0.264 e. The molecule has 4 aromatic carbocycles. The topological polar surface area (TPSA) is 126 Å². The SMILES string of the molecule is COc1ccccc1NC(=O)COc1ccc(/C=N\NC(=O)CN(c2ccc(F)cc2)S(=O)(=O)c2ccccc2)cc1. The molecule has 0 aromatic heterocycles. The number of carbonyl (C=O) groups is 2. The van der Waals surface area contributed by atoms with Crippen LogP contribution in [0.15, 0.2) is 113 Å². The zero-order valence-corrected chi connectivity index (χ0v) is 23.3. The van der Waals surface area contributed by atoms with Crippen molar-refractivity contribution in [3.63, 3.8) is 0 Å². The largest absolute Gasteiger partial charge is 0.495 e. The van der Waals surface area contributed by atoms with Crippen molar-refractivity contribution < 1.29 is 31.9 Å². The Balaban J connectivity index is 1.33. The average molecular weight is 591 g/mol. The molecule has 0 aliphatic carbocycles. The number of ether oxygens (including phenoxy) is 2. The van der Waals surface area contributed by atoms with Crippen LogP contribution in [0.25, 0.3) is 0 Å². The molecule has 0 fully saturated rings. The molecule has 0 saturated carbocycles. The standard InChI is InChI=1S/C30H27FN4O6S/c1-40-28-10-6-5-9-27(28)33-30(37)21-41-25-17-11-22(12-18-25)19-32-34-29(36)20-35(24-15-13-23(31)14-16-24)42(38,39)26-7-3-2-4-8-26/h2-19H,20-21H2,1H3,(H,33,37)(H,34,36)/b32-19-. The molecular weight excluding hydrogens is 563 g/mol. The third kappa shape index (κ3) is 7.92. The minimum absolute atomic E-state index is 0.0230. The minimum atomic E-state index is -4.13. The minimum Gasteiger partial charge on any atom is -0.495 e. The van der Waals surface area contributed by atoms with Crippen molar-refractivity contribution in [1.82, 2.24) is 5.43 Å². The number of amides is 2. The van der Waals surface area contributed by atoms with E-state index >= 15 is 0 Å². The molecule has 0 atom stereocenters. The number of hydrogen-bond acceptors (Lipinski definition) is 7. The summed E-state index contributed by atoms with van der Waals surface area (Å²) < 4.78 is 51.6. The maximum Gasteiger partial charge on any atom is 0.264 e. The molecule has 0 heterocycles. The van der Waals surface area contributed by atoms with Crippen LogP contribution in [0.2, 0.25) is 0 Å². The Hall–Kier alpha value is -5.23. The van der Waals surface area contributed by atoms with Gasteiger partial charge >= 0.3 is 0 Å². The average Bonchev–Trinajstić information content (AvgIpc) is 3.00. The van der Waals surface area contributed by atoms with Crippen LogP contribution in [-0.4, -0.2) is 46.7 Å². The Labute approximate surface area is 242 Å². The molecule has 0 bridgehead atoms. The predicted molar refractivity (Wildman–Crippen MR) is 157 cm³/mol. The van der Waals surface area contributed by atoms with Crippen molar-refractivity contribution >= 4 is 39.4 Å². The van der Waals surface area contributed by atoms with E-state index in [4.69, 9.17) is 9.47 Å². The highest BCUT2D eigenvalue weighted by Gasteiger charge is 2.27. The van der Waals surface area contributed by atoms with Crippen LogP contribution in [-0.2, 0) is 19.6 Å². The number of carbonyl (C=O) groups excluding carboxylic acids is 2. The first-order valence-corrected chi connectivity index (χ1v) is 14.0. The van der Waals surface area contributed by atoms with Crippen LogP contribution >= 0.6 is 0 Å². The van der Waals surface area contributed by atoms with Crippen LogP contribution < -0.4 is 24.5 Å².